The fraction of sp³-hybridized carbons (Fsp3) is 0.462. The van der Waals surface area contributed by atoms with Crippen molar-refractivity contribution >= 4 is 11.9 Å². The number of hydrogen-bond donors (Lipinski definition) is 0. The van der Waals surface area contributed by atoms with Crippen LogP contribution < -0.4 is 0 Å². The minimum absolute atomic E-state index is 0.0661. The molecular formula is C26H31FO4. The second-order valence-corrected chi connectivity index (χ2v) is 8.19. The molecular weight excluding hydrogens is 395 g/mol. The first-order chi connectivity index (χ1) is 15.0. The third-order valence-electron chi connectivity index (χ3n) is 5.73. The van der Waals surface area contributed by atoms with Crippen LogP contribution in [0.15, 0.2) is 48.5 Å². The van der Waals surface area contributed by atoms with Crippen LogP contribution >= 0.6 is 0 Å². The molecule has 0 heterocycles. The first-order valence-corrected chi connectivity index (χ1v) is 11.3. The van der Waals surface area contributed by atoms with Gasteiger partial charge in [-0.05, 0) is 67.5 Å². The molecule has 0 radical (unpaired) electrons. The van der Waals surface area contributed by atoms with E-state index in [1.165, 1.54) is 12.1 Å². The average Bonchev–Trinajstić information content (AvgIpc) is 2.79. The third kappa shape index (κ3) is 7.20. The summed E-state index contributed by atoms with van der Waals surface area (Å²) in [6.07, 6.45) is 7.38. The van der Waals surface area contributed by atoms with Crippen molar-refractivity contribution in [1.29, 1.82) is 0 Å². The molecule has 1 fully saturated rings. The Labute approximate surface area is 183 Å². The number of esters is 2. The number of hydrogen-bond acceptors (Lipinski definition) is 4. The van der Waals surface area contributed by atoms with E-state index < -0.39 is 0 Å². The number of halogens is 1. The van der Waals surface area contributed by atoms with Crippen LogP contribution in [0.3, 0.4) is 0 Å². The van der Waals surface area contributed by atoms with Gasteiger partial charge in [-0.2, -0.15) is 0 Å². The van der Waals surface area contributed by atoms with Gasteiger partial charge in [-0.25, -0.2) is 9.18 Å². The molecule has 1 saturated carbocycles. The number of rotatable bonds is 9. The highest BCUT2D eigenvalue weighted by Crippen LogP contribution is 2.26. The standard InChI is InChI=1S/C26H31FO4/c1-2-3-4-5-6-25(28)30-23-15-17-24(18-16-23)31-26(29)21-9-7-19(8-10-21)20-11-13-22(27)14-12-20/h7-14,23-24H,2-6,15-18H2,1H3. The predicted molar refractivity (Wildman–Crippen MR) is 118 cm³/mol. The maximum absolute atomic E-state index is 13.1. The van der Waals surface area contributed by atoms with Gasteiger partial charge >= 0.3 is 11.9 Å². The highest BCUT2D eigenvalue weighted by atomic mass is 19.1. The van der Waals surface area contributed by atoms with Crippen LogP contribution in [0.5, 0.6) is 0 Å². The zero-order valence-corrected chi connectivity index (χ0v) is 18.1. The van der Waals surface area contributed by atoms with E-state index in [1.54, 1.807) is 24.3 Å². The van der Waals surface area contributed by atoms with E-state index in [0.717, 1.165) is 49.7 Å². The van der Waals surface area contributed by atoms with Crippen molar-refractivity contribution in [2.24, 2.45) is 0 Å². The van der Waals surface area contributed by atoms with Crippen LogP contribution in [0.4, 0.5) is 4.39 Å². The van der Waals surface area contributed by atoms with E-state index in [0.29, 0.717) is 24.8 Å². The van der Waals surface area contributed by atoms with Gasteiger partial charge in [0.1, 0.15) is 18.0 Å². The summed E-state index contributed by atoms with van der Waals surface area (Å²) in [4.78, 5) is 24.4. The summed E-state index contributed by atoms with van der Waals surface area (Å²) in [6.45, 7) is 2.15. The SMILES string of the molecule is CCCCCCC(=O)OC1CCC(OC(=O)c2ccc(-c3ccc(F)cc3)cc2)CC1. The largest absolute Gasteiger partial charge is 0.462 e. The Balaban J connectivity index is 1.41. The van der Waals surface area contributed by atoms with Crippen LogP contribution in [0, 0.1) is 5.82 Å². The lowest BCUT2D eigenvalue weighted by Gasteiger charge is -2.28. The van der Waals surface area contributed by atoms with Crippen molar-refractivity contribution in [3.63, 3.8) is 0 Å². The molecule has 4 nitrogen and oxygen atoms in total. The second-order valence-electron chi connectivity index (χ2n) is 8.19. The molecule has 0 N–H and O–H groups in total. The van der Waals surface area contributed by atoms with Crippen molar-refractivity contribution in [3.8, 4) is 11.1 Å². The van der Waals surface area contributed by atoms with Gasteiger partial charge < -0.3 is 9.47 Å². The zero-order chi connectivity index (χ0) is 22.1. The molecule has 166 valence electrons. The Hall–Kier alpha value is -2.69. The summed E-state index contributed by atoms with van der Waals surface area (Å²) in [5.74, 6) is -0.736. The lowest BCUT2D eigenvalue weighted by Crippen LogP contribution is -2.29. The maximum atomic E-state index is 13.1. The molecule has 5 heteroatoms. The molecule has 0 aliphatic heterocycles. The molecule has 0 aromatic heterocycles. The molecule has 2 aromatic rings. The normalized spacial score (nSPS) is 18.4. The smallest absolute Gasteiger partial charge is 0.338 e. The Kier molecular flexibility index (Phi) is 8.63. The van der Waals surface area contributed by atoms with Crippen molar-refractivity contribution < 1.29 is 23.5 Å². The summed E-state index contributed by atoms with van der Waals surface area (Å²) < 4.78 is 24.3. The van der Waals surface area contributed by atoms with Crippen molar-refractivity contribution in [2.45, 2.75) is 76.9 Å². The summed E-state index contributed by atoms with van der Waals surface area (Å²) >= 11 is 0. The molecule has 31 heavy (non-hydrogen) atoms. The van der Waals surface area contributed by atoms with E-state index >= 15 is 0 Å². The molecule has 0 saturated heterocycles. The van der Waals surface area contributed by atoms with Crippen LogP contribution in [-0.2, 0) is 14.3 Å². The Morgan fingerprint density at radius 1 is 0.806 bits per heavy atom. The average molecular weight is 427 g/mol. The lowest BCUT2D eigenvalue weighted by atomic mass is 9.95. The Bertz CT molecular complexity index is 837. The van der Waals surface area contributed by atoms with E-state index in [9.17, 15) is 14.0 Å². The van der Waals surface area contributed by atoms with Gasteiger partial charge in [-0.1, -0.05) is 50.5 Å². The van der Waals surface area contributed by atoms with Gasteiger partial charge in [-0.3, -0.25) is 4.79 Å². The zero-order valence-electron chi connectivity index (χ0n) is 18.1. The fourth-order valence-electron chi connectivity index (χ4n) is 3.87. The molecule has 1 aliphatic carbocycles. The summed E-state index contributed by atoms with van der Waals surface area (Å²) in [5, 5.41) is 0. The van der Waals surface area contributed by atoms with Gasteiger partial charge in [0, 0.05) is 6.42 Å². The monoisotopic (exact) mass is 426 g/mol. The van der Waals surface area contributed by atoms with E-state index in [-0.39, 0.29) is 30.0 Å². The number of carbonyl (C=O) groups excluding carboxylic acids is 2. The minimum atomic E-state index is -0.345. The van der Waals surface area contributed by atoms with Gasteiger partial charge in [0.05, 0.1) is 5.56 Å². The van der Waals surface area contributed by atoms with Crippen LogP contribution in [-0.4, -0.2) is 24.1 Å². The molecule has 0 atom stereocenters. The molecule has 0 bridgehead atoms. The number of unbranched alkanes of at least 4 members (excludes halogenated alkanes) is 3. The van der Waals surface area contributed by atoms with Crippen LogP contribution in [0.2, 0.25) is 0 Å². The molecule has 0 spiro atoms. The Morgan fingerprint density at radius 2 is 1.35 bits per heavy atom. The lowest BCUT2D eigenvalue weighted by molar-refractivity contribution is -0.151. The highest BCUT2D eigenvalue weighted by molar-refractivity contribution is 5.90. The quantitative estimate of drug-likeness (QED) is 0.340. The van der Waals surface area contributed by atoms with Gasteiger partial charge in [-0.15, -0.1) is 0 Å². The first kappa shape index (κ1) is 23.0. The van der Waals surface area contributed by atoms with Gasteiger partial charge in [0.25, 0.3) is 0 Å². The van der Waals surface area contributed by atoms with E-state index in [1.807, 2.05) is 12.1 Å². The fourth-order valence-corrected chi connectivity index (χ4v) is 3.87. The van der Waals surface area contributed by atoms with Gasteiger partial charge in [0.2, 0.25) is 0 Å². The summed E-state index contributed by atoms with van der Waals surface area (Å²) in [5.41, 5.74) is 2.29. The van der Waals surface area contributed by atoms with Crippen molar-refractivity contribution in [2.75, 3.05) is 0 Å². The van der Waals surface area contributed by atoms with E-state index in [4.69, 9.17) is 9.47 Å². The number of ether oxygens (including phenoxy) is 2. The summed E-state index contributed by atoms with van der Waals surface area (Å²) in [7, 11) is 0. The topological polar surface area (TPSA) is 52.6 Å². The van der Waals surface area contributed by atoms with Crippen molar-refractivity contribution in [1.82, 2.24) is 0 Å². The third-order valence-corrected chi connectivity index (χ3v) is 5.73. The predicted octanol–water partition coefficient (Wildman–Crippen LogP) is 6.47. The highest BCUT2D eigenvalue weighted by Gasteiger charge is 2.26. The van der Waals surface area contributed by atoms with E-state index in [2.05, 4.69) is 6.92 Å². The van der Waals surface area contributed by atoms with Gasteiger partial charge in [0.15, 0.2) is 0 Å². The number of carbonyl (C=O) groups is 2. The molecule has 3 rings (SSSR count). The Morgan fingerprint density at radius 3 is 1.94 bits per heavy atom. The minimum Gasteiger partial charge on any atom is -0.462 e. The van der Waals surface area contributed by atoms with Crippen LogP contribution in [0.1, 0.15) is 75.1 Å². The number of benzene rings is 2. The molecule has 0 amide bonds. The maximum Gasteiger partial charge on any atom is 0.338 e. The summed E-state index contributed by atoms with van der Waals surface area (Å²) in [6, 6.07) is 13.4. The van der Waals surface area contributed by atoms with Crippen molar-refractivity contribution in [3.05, 3.63) is 59.9 Å². The molecule has 0 unspecified atom stereocenters. The first-order valence-electron chi connectivity index (χ1n) is 11.3. The second kappa shape index (κ2) is 11.6. The molecule has 1 aliphatic rings. The van der Waals surface area contributed by atoms with Crippen LogP contribution in [0.25, 0.3) is 11.1 Å². The molecule has 2 aromatic carbocycles.